The zero-order valence-corrected chi connectivity index (χ0v) is 17.0. The van der Waals surface area contributed by atoms with Crippen LogP contribution < -0.4 is 15.8 Å². The van der Waals surface area contributed by atoms with Gasteiger partial charge in [-0.1, -0.05) is 6.07 Å². The normalized spacial score (nSPS) is 18.6. The number of hydrogen-bond donors (Lipinski definition) is 3. The van der Waals surface area contributed by atoms with Crippen LogP contribution in [0.5, 0.6) is 0 Å². The molecule has 2 aromatic rings. The first-order valence-electron chi connectivity index (χ1n) is 9.24. The van der Waals surface area contributed by atoms with Gasteiger partial charge in [0.2, 0.25) is 10.0 Å². The zero-order valence-electron chi connectivity index (χ0n) is 15.4. The van der Waals surface area contributed by atoms with E-state index in [1.54, 1.807) is 12.1 Å². The number of benzene rings is 2. The molecule has 2 aliphatic rings. The summed E-state index contributed by atoms with van der Waals surface area (Å²) in [4.78, 5) is 12.8. The number of halogens is 1. The number of carbonyl (C=O) groups excluding carboxylic acids is 1. The maximum absolute atomic E-state index is 12.6. The number of aryl methyl sites for hydroxylation is 1. The van der Waals surface area contributed by atoms with Gasteiger partial charge in [-0.2, -0.15) is 0 Å². The van der Waals surface area contributed by atoms with E-state index in [-0.39, 0.29) is 35.3 Å². The average molecular weight is 422 g/mol. The van der Waals surface area contributed by atoms with Gasteiger partial charge in [-0.05, 0) is 79.6 Å². The molecule has 1 saturated carbocycles. The highest BCUT2D eigenvalue weighted by Crippen LogP contribution is 2.31. The molecule has 6 nitrogen and oxygen atoms in total. The molecule has 1 fully saturated rings. The zero-order chi connectivity index (χ0) is 19.0. The van der Waals surface area contributed by atoms with Gasteiger partial charge in [0, 0.05) is 17.3 Å². The summed E-state index contributed by atoms with van der Waals surface area (Å²) in [6, 6.07) is 11.9. The Bertz CT molecular complexity index is 973. The van der Waals surface area contributed by atoms with Crippen molar-refractivity contribution in [2.45, 2.75) is 49.1 Å². The van der Waals surface area contributed by atoms with Crippen LogP contribution in [0.4, 0.5) is 5.69 Å². The number of hydrogen-bond acceptors (Lipinski definition) is 4. The van der Waals surface area contributed by atoms with Gasteiger partial charge < -0.3 is 11.1 Å². The molecule has 0 aromatic heterocycles. The topological polar surface area (TPSA) is 101 Å². The number of nitrogens with one attached hydrogen (secondary N) is 2. The average Bonchev–Trinajstić information content (AvgIpc) is 3.45. The maximum Gasteiger partial charge on any atom is 0.251 e. The van der Waals surface area contributed by atoms with E-state index < -0.39 is 10.0 Å². The van der Waals surface area contributed by atoms with Crippen LogP contribution >= 0.6 is 12.4 Å². The van der Waals surface area contributed by atoms with Crippen molar-refractivity contribution in [1.29, 1.82) is 0 Å². The number of fused-ring (bicyclic) bond motifs is 1. The lowest BCUT2D eigenvalue weighted by atomic mass is 9.87. The van der Waals surface area contributed by atoms with Gasteiger partial charge in [-0.25, -0.2) is 13.1 Å². The number of nitrogen functional groups attached to an aromatic ring is 1. The van der Waals surface area contributed by atoms with E-state index in [0.29, 0.717) is 5.56 Å². The Morgan fingerprint density at radius 1 is 1.04 bits per heavy atom. The molecule has 2 aromatic carbocycles. The summed E-state index contributed by atoms with van der Waals surface area (Å²) in [5.41, 5.74) is 9.33. The van der Waals surface area contributed by atoms with Crippen molar-refractivity contribution in [2.75, 3.05) is 5.73 Å². The van der Waals surface area contributed by atoms with E-state index >= 15 is 0 Å². The Kier molecular flexibility index (Phi) is 5.98. The molecule has 8 heteroatoms. The minimum absolute atomic E-state index is 0. The molecule has 1 unspecified atom stereocenters. The first-order chi connectivity index (χ1) is 12.9. The molecule has 1 amide bonds. The number of rotatable bonds is 5. The predicted molar refractivity (Wildman–Crippen MR) is 111 cm³/mol. The van der Waals surface area contributed by atoms with Crippen LogP contribution in [0.2, 0.25) is 0 Å². The molecule has 2 aliphatic carbocycles. The summed E-state index contributed by atoms with van der Waals surface area (Å²) in [6.45, 7) is 0. The SMILES string of the molecule is Cl.Nc1ccc2c(c1)CCCC2NC(=O)c1ccc(S(=O)(=O)NC2CC2)cc1. The molecule has 28 heavy (non-hydrogen) atoms. The monoisotopic (exact) mass is 421 g/mol. The van der Waals surface area contributed by atoms with Crippen molar-refractivity contribution >= 4 is 34.0 Å². The molecule has 4 rings (SSSR count). The first-order valence-corrected chi connectivity index (χ1v) is 10.7. The maximum atomic E-state index is 12.6. The molecule has 0 heterocycles. The predicted octanol–water partition coefficient (Wildman–Crippen LogP) is 2.94. The van der Waals surface area contributed by atoms with E-state index in [4.69, 9.17) is 5.73 Å². The van der Waals surface area contributed by atoms with E-state index in [2.05, 4.69) is 10.0 Å². The first kappa shape index (κ1) is 20.6. The summed E-state index contributed by atoms with van der Waals surface area (Å²) < 4.78 is 27.1. The minimum Gasteiger partial charge on any atom is -0.399 e. The van der Waals surface area contributed by atoms with Crippen molar-refractivity contribution in [3.63, 3.8) is 0 Å². The highest BCUT2D eigenvalue weighted by Gasteiger charge is 2.28. The molecule has 0 radical (unpaired) electrons. The fraction of sp³-hybridized carbons (Fsp3) is 0.350. The summed E-state index contributed by atoms with van der Waals surface area (Å²) in [5, 5.41) is 3.07. The van der Waals surface area contributed by atoms with Crippen molar-refractivity contribution < 1.29 is 13.2 Å². The summed E-state index contributed by atoms with van der Waals surface area (Å²) >= 11 is 0. The van der Waals surface area contributed by atoms with Gasteiger partial charge in [-0.15, -0.1) is 12.4 Å². The Hall–Kier alpha value is -2.09. The van der Waals surface area contributed by atoms with Crippen LogP contribution in [0.1, 0.15) is 53.2 Å². The molecule has 0 aliphatic heterocycles. The molecule has 0 spiro atoms. The number of anilines is 1. The highest BCUT2D eigenvalue weighted by molar-refractivity contribution is 7.89. The van der Waals surface area contributed by atoms with E-state index in [1.807, 2.05) is 18.2 Å². The summed E-state index contributed by atoms with van der Waals surface area (Å²) in [7, 11) is -3.50. The van der Waals surface area contributed by atoms with Gasteiger partial charge >= 0.3 is 0 Å². The van der Waals surface area contributed by atoms with E-state index in [1.165, 1.54) is 17.7 Å². The third kappa shape index (κ3) is 4.48. The lowest BCUT2D eigenvalue weighted by molar-refractivity contribution is 0.0932. The molecule has 0 bridgehead atoms. The second-order valence-corrected chi connectivity index (χ2v) is 9.01. The second-order valence-electron chi connectivity index (χ2n) is 7.30. The van der Waals surface area contributed by atoms with Crippen molar-refractivity contribution in [3.05, 3.63) is 59.2 Å². The summed E-state index contributed by atoms with van der Waals surface area (Å²) in [6.07, 6.45) is 4.60. The molecule has 0 saturated heterocycles. The third-order valence-corrected chi connectivity index (χ3v) is 6.65. The van der Waals surface area contributed by atoms with Crippen LogP contribution in [0.15, 0.2) is 47.4 Å². The molecular weight excluding hydrogens is 398 g/mol. The quantitative estimate of drug-likeness (QED) is 0.646. The Morgan fingerprint density at radius 3 is 2.43 bits per heavy atom. The van der Waals surface area contributed by atoms with Gasteiger partial charge in [-0.3, -0.25) is 4.79 Å². The van der Waals surface area contributed by atoms with Gasteiger partial charge in [0.05, 0.1) is 10.9 Å². The van der Waals surface area contributed by atoms with E-state index in [0.717, 1.165) is 43.4 Å². The third-order valence-electron chi connectivity index (χ3n) is 5.11. The van der Waals surface area contributed by atoms with Gasteiger partial charge in [0.25, 0.3) is 5.91 Å². The van der Waals surface area contributed by atoms with Crippen molar-refractivity contribution in [3.8, 4) is 0 Å². The van der Waals surface area contributed by atoms with Gasteiger partial charge in [0.15, 0.2) is 0 Å². The molecular formula is C20H24ClN3O3S. The molecule has 150 valence electrons. The van der Waals surface area contributed by atoms with E-state index in [9.17, 15) is 13.2 Å². The largest absolute Gasteiger partial charge is 0.399 e. The van der Waals surface area contributed by atoms with Crippen LogP contribution in [-0.4, -0.2) is 20.4 Å². The lowest BCUT2D eigenvalue weighted by Gasteiger charge is -2.26. The van der Waals surface area contributed by atoms with Crippen LogP contribution in [0.3, 0.4) is 0 Å². The highest BCUT2D eigenvalue weighted by atomic mass is 35.5. The fourth-order valence-electron chi connectivity index (χ4n) is 3.50. The lowest BCUT2D eigenvalue weighted by Crippen LogP contribution is -2.31. The Morgan fingerprint density at radius 2 is 1.75 bits per heavy atom. The standard InChI is InChI=1S/C20H23N3O3S.ClH/c21-15-6-11-18-14(12-15)2-1-3-19(18)22-20(24)13-4-9-17(10-5-13)27(25,26)23-16-7-8-16;/h4-6,9-12,16,19,23H,1-3,7-8,21H2,(H,22,24);1H. The smallest absolute Gasteiger partial charge is 0.251 e. The Balaban J connectivity index is 0.00000225. The van der Waals surface area contributed by atoms with Crippen molar-refractivity contribution in [1.82, 2.24) is 10.0 Å². The molecule has 1 atom stereocenters. The fourth-order valence-corrected chi connectivity index (χ4v) is 4.80. The number of amides is 1. The number of carbonyl (C=O) groups is 1. The number of sulfonamides is 1. The Labute approximate surface area is 171 Å². The van der Waals surface area contributed by atoms with Gasteiger partial charge in [0.1, 0.15) is 0 Å². The minimum atomic E-state index is -3.50. The summed E-state index contributed by atoms with van der Waals surface area (Å²) in [5.74, 6) is -0.205. The van der Waals surface area contributed by atoms with Crippen LogP contribution in [0.25, 0.3) is 0 Å². The van der Waals surface area contributed by atoms with Crippen molar-refractivity contribution in [2.24, 2.45) is 0 Å². The second kappa shape index (κ2) is 8.11. The van der Waals surface area contributed by atoms with Crippen LogP contribution in [-0.2, 0) is 16.4 Å². The number of nitrogens with two attached hydrogens (primary N) is 1. The van der Waals surface area contributed by atoms with Crippen LogP contribution in [0, 0.1) is 0 Å². The molecule has 4 N–H and O–H groups in total.